The maximum Gasteiger partial charge on any atom is 0.266 e. The first kappa shape index (κ1) is 45.6. The number of halogens is 3. The molecule has 4 aromatic carbocycles. The summed E-state index contributed by atoms with van der Waals surface area (Å²) in [6.45, 7) is 21.2. The fourth-order valence-electron chi connectivity index (χ4n) is 6.22. The number of benzene rings is 4. The van der Waals surface area contributed by atoms with Gasteiger partial charge < -0.3 is 5.32 Å². The highest BCUT2D eigenvalue weighted by atomic mass is 35.5. The highest BCUT2D eigenvalue weighted by molar-refractivity contribution is 6.76. The fourth-order valence-corrected chi connectivity index (χ4v) is 10.8. The number of nitrogens with one attached hydrogen (secondary N) is 1. The van der Waals surface area contributed by atoms with Crippen LogP contribution in [0, 0.1) is 0 Å². The number of nitrogens with zero attached hydrogens (tertiary/aromatic N) is 1. The third-order valence-corrected chi connectivity index (χ3v) is 12.4. The van der Waals surface area contributed by atoms with E-state index in [1.165, 1.54) is 30.4 Å². The molecule has 0 bridgehead atoms. The molecule has 0 radical (unpaired) electrons. The van der Waals surface area contributed by atoms with Gasteiger partial charge in [0.25, 0.3) is 11.8 Å². The molecule has 1 N–H and O–H groups in total. The van der Waals surface area contributed by atoms with E-state index in [-0.39, 0.29) is 23.0 Å². The summed E-state index contributed by atoms with van der Waals surface area (Å²) >= 11 is 16.9. The van der Waals surface area contributed by atoms with Crippen molar-refractivity contribution in [1.29, 1.82) is 0 Å². The van der Waals surface area contributed by atoms with Crippen LogP contribution in [-0.2, 0) is 9.59 Å². The standard InChI is InChI=1S/C21H26ClNO2Si.C19H24ClNOSi.C2H3ClO/c1-15(14-26(3,4)5)17-10-7-9-13-20(17)23(16(2)24)21(25)18-11-6-8-12-19(18)22;1-14(13-23(2,3)4)15-9-6-8-12-18(15)21-19(22)16-10-5-7-11-17(16)20;1-2(3)4/h6-13,15H,14H2,1-5H3;5-12,14H,13H2,1-4H3,(H,21,22);1H3. The molecule has 0 saturated carbocycles. The Morgan fingerprint density at radius 1 is 0.623 bits per heavy atom. The molecule has 0 aliphatic heterocycles. The molecule has 0 aliphatic carbocycles. The zero-order chi connectivity index (χ0) is 40.1. The van der Waals surface area contributed by atoms with E-state index in [1.807, 2.05) is 54.6 Å². The van der Waals surface area contributed by atoms with Gasteiger partial charge >= 0.3 is 0 Å². The Morgan fingerprint density at radius 3 is 1.49 bits per heavy atom. The molecule has 11 heteroatoms. The summed E-state index contributed by atoms with van der Waals surface area (Å²) in [7, 11) is -2.47. The van der Waals surface area contributed by atoms with Gasteiger partial charge in [0.2, 0.25) is 11.1 Å². The number of carbonyl (C=O) groups is 4. The Kier molecular flexibility index (Phi) is 17.9. The number of amides is 3. The third kappa shape index (κ3) is 15.4. The maximum atomic E-state index is 13.1. The van der Waals surface area contributed by atoms with Crippen molar-refractivity contribution in [1.82, 2.24) is 0 Å². The molecule has 0 fully saturated rings. The molecule has 3 amide bonds. The second kappa shape index (κ2) is 20.8. The van der Waals surface area contributed by atoms with Gasteiger partial charge in [0.15, 0.2) is 0 Å². The first-order chi connectivity index (χ1) is 24.6. The zero-order valence-electron chi connectivity index (χ0n) is 32.5. The van der Waals surface area contributed by atoms with Crippen LogP contribution in [0.4, 0.5) is 11.4 Å². The number of anilines is 2. The quantitative estimate of drug-likeness (QED) is 0.128. The maximum absolute atomic E-state index is 13.1. The minimum Gasteiger partial charge on any atom is -0.322 e. The van der Waals surface area contributed by atoms with Crippen molar-refractivity contribution >= 4 is 85.3 Å². The normalized spacial score (nSPS) is 12.2. The molecule has 0 aliphatic rings. The first-order valence-electron chi connectivity index (χ1n) is 17.6. The topological polar surface area (TPSA) is 83.6 Å². The van der Waals surface area contributed by atoms with Crippen molar-refractivity contribution in [2.45, 2.75) is 90.9 Å². The number of para-hydroxylation sites is 2. The second-order valence-electron chi connectivity index (χ2n) is 15.5. The SMILES string of the molecule is CC(=O)Cl.CC(=O)N(C(=O)c1ccccc1Cl)c1ccccc1C(C)C[Si](C)(C)C.CC(C[Si](C)(C)C)c1ccccc1NC(=O)c1ccccc1Cl. The smallest absolute Gasteiger partial charge is 0.266 e. The van der Waals surface area contributed by atoms with Crippen molar-refractivity contribution in [3.8, 4) is 0 Å². The Morgan fingerprint density at radius 2 is 1.02 bits per heavy atom. The van der Waals surface area contributed by atoms with Crippen LogP contribution in [0.2, 0.25) is 61.4 Å². The van der Waals surface area contributed by atoms with E-state index in [1.54, 1.807) is 36.4 Å². The van der Waals surface area contributed by atoms with Crippen molar-refractivity contribution in [2.24, 2.45) is 0 Å². The summed E-state index contributed by atoms with van der Waals surface area (Å²) in [5.41, 5.74) is 4.57. The molecule has 2 unspecified atom stereocenters. The molecule has 53 heavy (non-hydrogen) atoms. The van der Waals surface area contributed by atoms with Crippen LogP contribution in [0.1, 0.15) is 71.4 Å². The summed E-state index contributed by atoms with van der Waals surface area (Å²) in [5.74, 6) is -0.190. The lowest BCUT2D eigenvalue weighted by Gasteiger charge is -2.27. The zero-order valence-corrected chi connectivity index (χ0v) is 36.8. The predicted molar refractivity (Wildman–Crippen MR) is 231 cm³/mol. The Bertz CT molecular complexity index is 1870. The minimum atomic E-state index is -1.30. The van der Waals surface area contributed by atoms with E-state index in [0.29, 0.717) is 32.8 Å². The summed E-state index contributed by atoms with van der Waals surface area (Å²) < 4.78 is 0. The Balaban J connectivity index is 0.000000335. The number of hydrogen-bond acceptors (Lipinski definition) is 4. The number of imide groups is 1. The summed E-state index contributed by atoms with van der Waals surface area (Å²) in [4.78, 5) is 48.5. The molecule has 4 rings (SSSR count). The molecule has 4 aromatic rings. The van der Waals surface area contributed by atoms with Crippen LogP contribution in [0.5, 0.6) is 0 Å². The first-order valence-corrected chi connectivity index (χ1v) is 26.2. The van der Waals surface area contributed by atoms with Gasteiger partial charge in [-0.1, -0.05) is 149 Å². The minimum absolute atomic E-state index is 0.164. The number of carbonyl (C=O) groups excluding carboxylic acids is 4. The van der Waals surface area contributed by atoms with E-state index in [9.17, 15) is 19.2 Å². The van der Waals surface area contributed by atoms with Crippen LogP contribution >= 0.6 is 34.8 Å². The van der Waals surface area contributed by atoms with Crippen LogP contribution < -0.4 is 10.2 Å². The Hall–Kier alpha value is -3.54. The van der Waals surface area contributed by atoms with Gasteiger partial charge in [-0.05, 0) is 71.0 Å². The second-order valence-corrected chi connectivity index (χ2v) is 27.9. The molecule has 0 aromatic heterocycles. The Labute approximate surface area is 333 Å². The van der Waals surface area contributed by atoms with Gasteiger partial charge in [0.05, 0.1) is 26.9 Å². The van der Waals surface area contributed by atoms with Gasteiger partial charge in [-0.3, -0.25) is 19.2 Å². The van der Waals surface area contributed by atoms with Gasteiger partial charge in [0.1, 0.15) is 0 Å². The molecule has 0 heterocycles. The lowest BCUT2D eigenvalue weighted by atomic mass is 9.99. The molecule has 0 saturated heterocycles. The van der Waals surface area contributed by atoms with Crippen LogP contribution in [0.3, 0.4) is 0 Å². The lowest BCUT2D eigenvalue weighted by Crippen LogP contribution is -2.36. The fraction of sp³-hybridized carbons (Fsp3) is 0.333. The van der Waals surface area contributed by atoms with E-state index >= 15 is 0 Å². The lowest BCUT2D eigenvalue weighted by molar-refractivity contribution is -0.116. The molecule has 284 valence electrons. The van der Waals surface area contributed by atoms with E-state index in [4.69, 9.17) is 23.2 Å². The monoisotopic (exact) mass is 810 g/mol. The summed E-state index contributed by atoms with van der Waals surface area (Å²) in [6.07, 6.45) is 0. The van der Waals surface area contributed by atoms with E-state index in [2.05, 4.69) is 76.1 Å². The van der Waals surface area contributed by atoms with Crippen LogP contribution in [0.15, 0.2) is 97.1 Å². The average Bonchev–Trinajstić information content (AvgIpc) is 3.04. The van der Waals surface area contributed by atoms with E-state index < -0.39 is 22.1 Å². The largest absolute Gasteiger partial charge is 0.322 e. The molecule has 0 spiro atoms. The number of hydrogen-bond donors (Lipinski definition) is 1. The van der Waals surface area contributed by atoms with Crippen molar-refractivity contribution < 1.29 is 19.2 Å². The third-order valence-electron chi connectivity index (χ3n) is 8.03. The van der Waals surface area contributed by atoms with Gasteiger partial charge in [0, 0.05) is 35.7 Å². The van der Waals surface area contributed by atoms with E-state index in [0.717, 1.165) is 17.3 Å². The molecule has 2 atom stereocenters. The molecular formula is C42H53Cl3N2O4Si2. The van der Waals surface area contributed by atoms with Crippen LogP contribution in [-0.4, -0.2) is 39.1 Å². The van der Waals surface area contributed by atoms with Gasteiger partial charge in [-0.25, -0.2) is 4.90 Å². The highest BCUT2D eigenvalue weighted by Gasteiger charge is 2.28. The van der Waals surface area contributed by atoms with Crippen LogP contribution in [0.25, 0.3) is 0 Å². The molecule has 6 nitrogen and oxygen atoms in total. The summed E-state index contributed by atoms with van der Waals surface area (Å²) in [5, 5.41) is 3.48. The van der Waals surface area contributed by atoms with Crippen molar-refractivity contribution in [3.63, 3.8) is 0 Å². The van der Waals surface area contributed by atoms with Gasteiger partial charge in [-0.15, -0.1) is 0 Å². The summed E-state index contributed by atoms with van der Waals surface area (Å²) in [6, 6.07) is 31.9. The average molecular weight is 812 g/mol. The number of rotatable bonds is 10. The predicted octanol–water partition coefficient (Wildman–Crippen LogP) is 12.8. The highest BCUT2D eigenvalue weighted by Crippen LogP contribution is 2.35. The molecular weight excluding hydrogens is 759 g/mol. The van der Waals surface area contributed by atoms with Crippen molar-refractivity contribution in [3.05, 3.63) is 129 Å². The van der Waals surface area contributed by atoms with Crippen molar-refractivity contribution in [2.75, 3.05) is 10.2 Å². The van der Waals surface area contributed by atoms with Gasteiger partial charge in [-0.2, -0.15) is 0 Å².